The lowest BCUT2D eigenvalue weighted by atomic mass is 9.87. The van der Waals surface area contributed by atoms with Gasteiger partial charge in [0.05, 0.1) is 0 Å². The smallest absolute Gasteiger partial charge is 0.244 e. The van der Waals surface area contributed by atoms with E-state index in [1.807, 2.05) is 11.9 Å². The molecule has 0 radical (unpaired) electrons. The van der Waals surface area contributed by atoms with Crippen LogP contribution in [0.1, 0.15) is 32.6 Å². The van der Waals surface area contributed by atoms with Gasteiger partial charge in [0.15, 0.2) is 0 Å². The summed E-state index contributed by atoms with van der Waals surface area (Å²) in [6.07, 6.45) is 6.41. The standard InChI is InChI=1S/C13H22N4O/c1-10-3-5-11(6-4-10)16(2)13(18)9-17-8-7-12(14)15-17/h7-8,10-11H,3-6,9H2,1-2H3,(H2,14,15). The highest BCUT2D eigenvalue weighted by Gasteiger charge is 2.24. The summed E-state index contributed by atoms with van der Waals surface area (Å²) < 4.78 is 1.60. The first kappa shape index (κ1) is 12.9. The van der Waals surface area contributed by atoms with Crippen molar-refractivity contribution in [2.75, 3.05) is 12.8 Å². The summed E-state index contributed by atoms with van der Waals surface area (Å²) in [7, 11) is 1.90. The van der Waals surface area contributed by atoms with E-state index in [1.165, 1.54) is 12.8 Å². The number of aromatic nitrogens is 2. The van der Waals surface area contributed by atoms with Crippen LogP contribution in [0.4, 0.5) is 5.82 Å². The number of likely N-dealkylation sites (N-methyl/N-ethyl adjacent to an activating group) is 1. The average Bonchev–Trinajstić information content (AvgIpc) is 2.75. The fourth-order valence-corrected chi connectivity index (χ4v) is 2.55. The summed E-state index contributed by atoms with van der Waals surface area (Å²) in [4.78, 5) is 14.0. The molecule has 1 heterocycles. The molecule has 100 valence electrons. The van der Waals surface area contributed by atoms with Gasteiger partial charge in [-0.15, -0.1) is 0 Å². The maximum Gasteiger partial charge on any atom is 0.244 e. The van der Waals surface area contributed by atoms with Gasteiger partial charge in [0.25, 0.3) is 0 Å². The number of nitrogens with zero attached hydrogens (tertiary/aromatic N) is 3. The molecular weight excluding hydrogens is 228 g/mol. The number of rotatable bonds is 3. The lowest BCUT2D eigenvalue weighted by Crippen LogP contribution is -2.41. The molecule has 18 heavy (non-hydrogen) atoms. The van der Waals surface area contributed by atoms with Gasteiger partial charge in [-0.25, -0.2) is 0 Å². The second-order valence-corrected chi connectivity index (χ2v) is 5.36. The molecule has 0 spiro atoms. The molecule has 0 saturated heterocycles. The van der Waals surface area contributed by atoms with Gasteiger partial charge in [-0.05, 0) is 37.7 Å². The average molecular weight is 250 g/mol. The van der Waals surface area contributed by atoms with Gasteiger partial charge >= 0.3 is 0 Å². The third-order valence-corrected chi connectivity index (χ3v) is 3.89. The number of hydrogen-bond donors (Lipinski definition) is 1. The normalized spacial score (nSPS) is 23.9. The molecule has 1 aliphatic carbocycles. The molecular formula is C13H22N4O. The second-order valence-electron chi connectivity index (χ2n) is 5.36. The Hall–Kier alpha value is -1.52. The molecule has 0 aliphatic heterocycles. The van der Waals surface area contributed by atoms with Crippen LogP contribution in [0.2, 0.25) is 0 Å². The van der Waals surface area contributed by atoms with Gasteiger partial charge in [0, 0.05) is 19.3 Å². The van der Waals surface area contributed by atoms with Crippen LogP contribution in [0.5, 0.6) is 0 Å². The van der Waals surface area contributed by atoms with Crippen LogP contribution < -0.4 is 5.73 Å². The van der Waals surface area contributed by atoms with Crippen LogP contribution in [0.3, 0.4) is 0 Å². The Morgan fingerprint density at radius 2 is 2.17 bits per heavy atom. The summed E-state index contributed by atoms with van der Waals surface area (Å²) in [5, 5.41) is 4.04. The van der Waals surface area contributed by atoms with Gasteiger partial charge in [-0.1, -0.05) is 6.92 Å². The van der Waals surface area contributed by atoms with Crippen molar-refractivity contribution in [3.63, 3.8) is 0 Å². The second kappa shape index (κ2) is 5.42. The van der Waals surface area contributed by atoms with E-state index in [4.69, 9.17) is 5.73 Å². The first-order valence-corrected chi connectivity index (χ1v) is 6.61. The zero-order valence-electron chi connectivity index (χ0n) is 11.2. The van der Waals surface area contributed by atoms with Crippen molar-refractivity contribution in [3.8, 4) is 0 Å². The van der Waals surface area contributed by atoms with Crippen LogP contribution in [0.15, 0.2) is 12.3 Å². The fraction of sp³-hybridized carbons (Fsp3) is 0.692. The maximum absolute atomic E-state index is 12.1. The van der Waals surface area contributed by atoms with Crippen molar-refractivity contribution in [2.45, 2.75) is 45.2 Å². The van der Waals surface area contributed by atoms with Gasteiger partial charge in [0.2, 0.25) is 5.91 Å². The van der Waals surface area contributed by atoms with E-state index >= 15 is 0 Å². The van der Waals surface area contributed by atoms with E-state index in [-0.39, 0.29) is 12.5 Å². The molecule has 2 rings (SSSR count). The van der Waals surface area contributed by atoms with E-state index in [9.17, 15) is 4.79 Å². The minimum atomic E-state index is 0.109. The maximum atomic E-state index is 12.1. The minimum absolute atomic E-state index is 0.109. The quantitative estimate of drug-likeness (QED) is 0.884. The molecule has 0 aromatic carbocycles. The number of nitrogen functional groups attached to an aromatic ring is 1. The zero-order valence-corrected chi connectivity index (χ0v) is 11.2. The number of amides is 1. The Labute approximate surface area is 108 Å². The van der Waals surface area contributed by atoms with Crippen molar-refractivity contribution in [1.82, 2.24) is 14.7 Å². The van der Waals surface area contributed by atoms with E-state index in [2.05, 4.69) is 12.0 Å². The topological polar surface area (TPSA) is 64.2 Å². The Balaban J connectivity index is 1.88. The molecule has 2 N–H and O–H groups in total. The molecule has 1 aliphatic rings. The van der Waals surface area contributed by atoms with E-state index < -0.39 is 0 Å². The lowest BCUT2D eigenvalue weighted by Gasteiger charge is -2.33. The minimum Gasteiger partial charge on any atom is -0.382 e. The zero-order chi connectivity index (χ0) is 13.1. The Kier molecular flexibility index (Phi) is 3.89. The highest BCUT2D eigenvalue weighted by molar-refractivity contribution is 5.76. The van der Waals surface area contributed by atoms with Crippen molar-refractivity contribution in [3.05, 3.63) is 12.3 Å². The molecule has 5 heteroatoms. The van der Waals surface area contributed by atoms with Crippen LogP contribution in [-0.4, -0.2) is 33.7 Å². The van der Waals surface area contributed by atoms with Crippen LogP contribution in [-0.2, 0) is 11.3 Å². The van der Waals surface area contributed by atoms with Crippen LogP contribution >= 0.6 is 0 Å². The van der Waals surface area contributed by atoms with Crippen LogP contribution in [0, 0.1) is 5.92 Å². The van der Waals surface area contributed by atoms with E-state index in [1.54, 1.807) is 16.9 Å². The number of anilines is 1. The number of hydrogen-bond acceptors (Lipinski definition) is 3. The molecule has 1 amide bonds. The molecule has 1 aromatic rings. The van der Waals surface area contributed by atoms with Gasteiger partial charge in [0.1, 0.15) is 12.4 Å². The Morgan fingerprint density at radius 3 is 2.72 bits per heavy atom. The highest BCUT2D eigenvalue weighted by atomic mass is 16.2. The number of carbonyl (C=O) groups is 1. The number of nitrogens with two attached hydrogens (primary N) is 1. The molecule has 1 fully saturated rings. The summed E-state index contributed by atoms with van der Waals surface area (Å²) in [5.74, 6) is 1.37. The number of carbonyl (C=O) groups excluding carboxylic acids is 1. The predicted octanol–water partition coefficient (Wildman–Crippen LogP) is 1.50. The first-order valence-electron chi connectivity index (χ1n) is 6.61. The molecule has 0 atom stereocenters. The largest absolute Gasteiger partial charge is 0.382 e. The third kappa shape index (κ3) is 3.03. The molecule has 1 aromatic heterocycles. The summed E-state index contributed by atoms with van der Waals surface area (Å²) in [5.41, 5.74) is 5.53. The van der Waals surface area contributed by atoms with Crippen molar-refractivity contribution in [1.29, 1.82) is 0 Å². The van der Waals surface area contributed by atoms with Crippen molar-refractivity contribution in [2.24, 2.45) is 5.92 Å². The van der Waals surface area contributed by atoms with Crippen molar-refractivity contribution >= 4 is 11.7 Å². The SMILES string of the molecule is CC1CCC(N(C)C(=O)Cn2ccc(N)n2)CC1. The van der Waals surface area contributed by atoms with Gasteiger partial charge in [-0.3, -0.25) is 9.48 Å². The molecule has 5 nitrogen and oxygen atoms in total. The first-order chi connectivity index (χ1) is 8.56. The summed E-state index contributed by atoms with van der Waals surface area (Å²) >= 11 is 0. The van der Waals surface area contributed by atoms with E-state index in [0.29, 0.717) is 11.9 Å². The molecule has 1 saturated carbocycles. The molecule has 0 bridgehead atoms. The van der Waals surface area contributed by atoms with Gasteiger partial charge < -0.3 is 10.6 Å². The third-order valence-electron chi connectivity index (χ3n) is 3.89. The fourth-order valence-electron chi connectivity index (χ4n) is 2.55. The van der Waals surface area contributed by atoms with Crippen LogP contribution in [0.25, 0.3) is 0 Å². The van der Waals surface area contributed by atoms with Crippen molar-refractivity contribution < 1.29 is 4.79 Å². The van der Waals surface area contributed by atoms with E-state index in [0.717, 1.165) is 18.8 Å². The Morgan fingerprint density at radius 1 is 1.50 bits per heavy atom. The monoisotopic (exact) mass is 250 g/mol. The predicted molar refractivity (Wildman–Crippen MR) is 70.8 cm³/mol. The Bertz CT molecular complexity index is 407. The van der Waals surface area contributed by atoms with Gasteiger partial charge in [-0.2, -0.15) is 5.10 Å². The summed E-state index contributed by atoms with van der Waals surface area (Å²) in [6.45, 7) is 2.56. The summed E-state index contributed by atoms with van der Waals surface area (Å²) in [6, 6.07) is 2.09. The lowest BCUT2D eigenvalue weighted by molar-refractivity contribution is -0.133. The highest BCUT2D eigenvalue weighted by Crippen LogP contribution is 2.26. The molecule has 0 unspecified atom stereocenters.